The van der Waals surface area contributed by atoms with E-state index in [2.05, 4.69) is 11.8 Å². The molecule has 7 heteroatoms. The number of aromatic nitrogens is 1. The number of rotatable bonds is 7. The molecule has 0 bridgehead atoms. The minimum Gasteiger partial charge on any atom is -0.481 e. The Balaban J connectivity index is 1.44. The molecule has 0 amide bonds. The Morgan fingerprint density at radius 2 is 1.39 bits per heavy atom. The van der Waals surface area contributed by atoms with Crippen molar-refractivity contribution in [1.82, 2.24) is 4.98 Å². The van der Waals surface area contributed by atoms with E-state index in [-0.39, 0.29) is 18.5 Å². The summed E-state index contributed by atoms with van der Waals surface area (Å²) in [5, 5.41) is 8.84. The first kappa shape index (κ1) is 23.3. The average molecular weight is 480 g/mol. The molecule has 180 valence electrons. The van der Waals surface area contributed by atoms with Crippen molar-refractivity contribution in [2.24, 2.45) is 9.98 Å². The number of hydrogen-bond acceptors (Lipinski definition) is 6. The molecular weight excluding hydrogens is 454 g/mol. The summed E-state index contributed by atoms with van der Waals surface area (Å²) in [6.45, 7) is 0.879. The van der Waals surface area contributed by atoms with Gasteiger partial charge in [0.2, 0.25) is 11.8 Å². The molecule has 0 saturated heterocycles. The molecule has 2 aliphatic heterocycles. The molecule has 2 aromatic carbocycles. The standard InChI is InChI=1S/C29H25N3O4/c33-27(34)15-9-1-4-10-20-16-23(28-31-25(18-35-28)21-11-5-2-6-12-21)30-24(17-20)29-32-26(19-36-29)22-13-7-3-8-14-22/h2-3,5-8,11-14,16-17,25-26H,1,9,15,18-19H2,(H,33,34)/t25-,26-/m0/s1. The van der Waals surface area contributed by atoms with Crippen LogP contribution in [0.5, 0.6) is 0 Å². The second-order valence-corrected chi connectivity index (χ2v) is 8.52. The molecule has 0 unspecified atom stereocenters. The van der Waals surface area contributed by atoms with E-state index in [1.807, 2.05) is 72.8 Å². The van der Waals surface area contributed by atoms with Crippen LogP contribution >= 0.6 is 0 Å². The number of aliphatic imine (C=N–C) groups is 2. The molecule has 0 radical (unpaired) electrons. The molecule has 3 heterocycles. The van der Waals surface area contributed by atoms with E-state index in [1.54, 1.807) is 0 Å². The molecule has 3 aromatic rings. The third-order valence-corrected chi connectivity index (χ3v) is 5.86. The molecule has 2 atom stereocenters. The van der Waals surface area contributed by atoms with Gasteiger partial charge in [0.05, 0.1) is 0 Å². The molecular formula is C29H25N3O4. The summed E-state index contributed by atoms with van der Waals surface area (Å²) in [6, 6.07) is 23.5. The molecule has 2 aliphatic rings. The van der Waals surface area contributed by atoms with Crippen molar-refractivity contribution in [3.05, 3.63) is 101 Å². The normalized spacial score (nSPS) is 18.3. The zero-order valence-corrected chi connectivity index (χ0v) is 19.6. The highest BCUT2D eigenvalue weighted by atomic mass is 16.5. The lowest BCUT2D eigenvalue weighted by molar-refractivity contribution is -0.137. The van der Waals surface area contributed by atoms with Gasteiger partial charge in [-0.05, 0) is 29.7 Å². The Morgan fingerprint density at radius 1 is 0.861 bits per heavy atom. The molecule has 0 fully saturated rings. The van der Waals surface area contributed by atoms with Gasteiger partial charge < -0.3 is 14.6 Å². The van der Waals surface area contributed by atoms with Crippen LogP contribution in [-0.2, 0) is 14.3 Å². The molecule has 0 aliphatic carbocycles. The predicted octanol–water partition coefficient (Wildman–Crippen LogP) is 4.72. The van der Waals surface area contributed by atoms with Crippen LogP contribution in [0.2, 0.25) is 0 Å². The summed E-state index contributed by atoms with van der Waals surface area (Å²) in [7, 11) is 0. The van der Waals surface area contributed by atoms with Crippen LogP contribution in [0.25, 0.3) is 0 Å². The monoisotopic (exact) mass is 479 g/mol. The van der Waals surface area contributed by atoms with Gasteiger partial charge in [-0.1, -0.05) is 72.5 Å². The molecule has 0 spiro atoms. The first-order valence-electron chi connectivity index (χ1n) is 11.9. The number of benzene rings is 2. The SMILES string of the molecule is O=C(O)CCCC#Cc1cc(C2=N[C@H](c3ccccc3)CO2)nc(C2=N[C@H](c3ccccc3)CO2)c1. The zero-order valence-electron chi connectivity index (χ0n) is 19.6. The first-order chi connectivity index (χ1) is 17.7. The van der Waals surface area contributed by atoms with Crippen LogP contribution in [0.1, 0.15) is 59.4 Å². The Kier molecular flexibility index (Phi) is 7.04. The van der Waals surface area contributed by atoms with E-state index in [9.17, 15) is 4.79 Å². The van der Waals surface area contributed by atoms with Crippen LogP contribution in [0, 0.1) is 11.8 Å². The Hall–Kier alpha value is -4.44. The maximum atomic E-state index is 10.8. The van der Waals surface area contributed by atoms with Gasteiger partial charge in [0, 0.05) is 18.4 Å². The van der Waals surface area contributed by atoms with Crippen LogP contribution in [0.4, 0.5) is 0 Å². The second kappa shape index (κ2) is 10.9. The van der Waals surface area contributed by atoms with E-state index < -0.39 is 5.97 Å². The minimum absolute atomic E-state index is 0.0958. The van der Waals surface area contributed by atoms with Crippen LogP contribution in [0.3, 0.4) is 0 Å². The highest BCUT2D eigenvalue weighted by molar-refractivity contribution is 5.98. The van der Waals surface area contributed by atoms with Gasteiger partial charge in [-0.15, -0.1) is 0 Å². The zero-order chi connectivity index (χ0) is 24.7. The third-order valence-electron chi connectivity index (χ3n) is 5.86. The summed E-state index contributed by atoms with van der Waals surface area (Å²) < 4.78 is 11.9. The van der Waals surface area contributed by atoms with Crippen molar-refractivity contribution in [2.45, 2.75) is 31.3 Å². The number of carboxylic acids is 1. The fraction of sp³-hybridized carbons (Fsp3) is 0.241. The van der Waals surface area contributed by atoms with Crippen molar-refractivity contribution in [3.63, 3.8) is 0 Å². The second-order valence-electron chi connectivity index (χ2n) is 8.52. The molecule has 36 heavy (non-hydrogen) atoms. The number of ether oxygens (including phenoxy) is 2. The van der Waals surface area contributed by atoms with Crippen LogP contribution < -0.4 is 0 Å². The lowest BCUT2D eigenvalue weighted by Gasteiger charge is -2.06. The van der Waals surface area contributed by atoms with Gasteiger partial charge in [-0.2, -0.15) is 0 Å². The van der Waals surface area contributed by atoms with Gasteiger partial charge in [0.15, 0.2) is 0 Å². The number of carbonyl (C=O) groups is 1. The molecule has 1 N–H and O–H groups in total. The predicted molar refractivity (Wildman–Crippen MR) is 136 cm³/mol. The number of pyridine rings is 1. The molecule has 1 aromatic heterocycles. The van der Waals surface area contributed by atoms with Gasteiger partial charge in [0.1, 0.15) is 36.7 Å². The average Bonchev–Trinajstić information content (AvgIpc) is 3.60. The first-order valence-corrected chi connectivity index (χ1v) is 11.9. The minimum atomic E-state index is -0.820. The van der Waals surface area contributed by atoms with E-state index in [0.29, 0.717) is 54.8 Å². The summed E-state index contributed by atoms with van der Waals surface area (Å²) in [5.74, 6) is 6.28. The maximum Gasteiger partial charge on any atom is 0.303 e. The number of hydrogen-bond donors (Lipinski definition) is 1. The Labute approximate surface area is 209 Å². The summed E-state index contributed by atoms with van der Waals surface area (Å²) in [6.07, 6.45) is 1.08. The number of carboxylic acid groups (broad SMARTS) is 1. The van der Waals surface area contributed by atoms with Crippen molar-refractivity contribution in [2.75, 3.05) is 13.2 Å². The number of unbranched alkanes of at least 4 members (excludes halogenated alkanes) is 1. The van der Waals surface area contributed by atoms with Gasteiger partial charge >= 0.3 is 5.97 Å². The number of nitrogens with zero attached hydrogens (tertiary/aromatic N) is 3. The highest BCUT2D eigenvalue weighted by Gasteiger charge is 2.26. The van der Waals surface area contributed by atoms with Crippen molar-refractivity contribution >= 4 is 17.8 Å². The largest absolute Gasteiger partial charge is 0.481 e. The van der Waals surface area contributed by atoms with E-state index >= 15 is 0 Å². The maximum absolute atomic E-state index is 10.8. The summed E-state index contributed by atoms with van der Waals surface area (Å²) >= 11 is 0. The van der Waals surface area contributed by atoms with Crippen LogP contribution in [-0.4, -0.2) is 41.1 Å². The fourth-order valence-corrected chi connectivity index (χ4v) is 4.03. The summed E-state index contributed by atoms with van der Waals surface area (Å²) in [4.78, 5) is 25.1. The van der Waals surface area contributed by atoms with E-state index in [4.69, 9.17) is 29.5 Å². The Bertz CT molecular complexity index is 1270. The van der Waals surface area contributed by atoms with Gasteiger partial charge in [0.25, 0.3) is 0 Å². The van der Waals surface area contributed by atoms with Crippen molar-refractivity contribution in [1.29, 1.82) is 0 Å². The van der Waals surface area contributed by atoms with Gasteiger partial charge in [-0.25, -0.2) is 15.0 Å². The van der Waals surface area contributed by atoms with Gasteiger partial charge in [-0.3, -0.25) is 4.79 Å². The lowest BCUT2D eigenvalue weighted by Crippen LogP contribution is -2.11. The lowest BCUT2D eigenvalue weighted by atomic mass is 10.1. The molecule has 5 rings (SSSR count). The topological polar surface area (TPSA) is 93.4 Å². The van der Waals surface area contributed by atoms with E-state index in [0.717, 1.165) is 11.1 Å². The fourth-order valence-electron chi connectivity index (χ4n) is 4.03. The van der Waals surface area contributed by atoms with Crippen LogP contribution in [0.15, 0.2) is 82.8 Å². The smallest absolute Gasteiger partial charge is 0.303 e. The van der Waals surface area contributed by atoms with Crippen molar-refractivity contribution < 1.29 is 19.4 Å². The molecule has 7 nitrogen and oxygen atoms in total. The van der Waals surface area contributed by atoms with E-state index in [1.165, 1.54) is 0 Å². The quantitative estimate of drug-likeness (QED) is 0.391. The van der Waals surface area contributed by atoms with Crippen molar-refractivity contribution in [3.8, 4) is 11.8 Å². The Morgan fingerprint density at radius 3 is 1.89 bits per heavy atom. The highest BCUT2D eigenvalue weighted by Crippen LogP contribution is 2.27. The molecule has 0 saturated carbocycles. The summed E-state index contributed by atoms with van der Waals surface area (Å²) in [5.41, 5.74) is 4.01. The third kappa shape index (κ3) is 5.61. The number of aliphatic carboxylic acids is 1.